The second-order valence-corrected chi connectivity index (χ2v) is 14.3. The van der Waals surface area contributed by atoms with Gasteiger partial charge in [0.2, 0.25) is 5.70 Å². The number of hydrogen-bond donors (Lipinski definition) is 1. The molecule has 0 amide bonds. The summed E-state index contributed by atoms with van der Waals surface area (Å²) in [5, 5.41) is 10.5. The van der Waals surface area contributed by atoms with Crippen LogP contribution in [0.25, 0.3) is 4.85 Å². The Labute approximate surface area is 209 Å². The molecule has 0 heterocycles. The molecule has 0 unspecified atom stereocenters. The summed E-state index contributed by atoms with van der Waals surface area (Å²) in [5.41, 5.74) is -1.32. The number of nitrogens with zero attached hydrogens (tertiary/aromatic N) is 1. The number of ketones is 2. The molecule has 5 aliphatic rings. The normalized spacial score (nSPS) is 50.5. The zero-order valence-electron chi connectivity index (χ0n) is 22.2. The van der Waals surface area contributed by atoms with Crippen LogP contribution in [0.5, 0.6) is 0 Å². The van der Waals surface area contributed by atoms with Crippen LogP contribution in [0.4, 0.5) is 0 Å². The molecule has 35 heavy (non-hydrogen) atoms. The molecule has 0 aromatic carbocycles. The molecule has 4 fully saturated rings. The van der Waals surface area contributed by atoms with Crippen molar-refractivity contribution >= 4 is 17.5 Å². The molecule has 0 saturated heterocycles. The van der Waals surface area contributed by atoms with Crippen LogP contribution in [0, 0.1) is 63.2 Å². The highest BCUT2D eigenvalue weighted by atomic mass is 16.4. The molecule has 0 aromatic rings. The van der Waals surface area contributed by atoms with Gasteiger partial charge in [-0.15, -0.1) is 0 Å². The summed E-state index contributed by atoms with van der Waals surface area (Å²) in [5.74, 6) is -0.896. The van der Waals surface area contributed by atoms with E-state index in [0.717, 1.165) is 32.1 Å². The van der Waals surface area contributed by atoms with Gasteiger partial charge in [-0.25, -0.2) is 4.85 Å². The molecule has 4 saturated carbocycles. The van der Waals surface area contributed by atoms with Crippen molar-refractivity contribution in [3.63, 3.8) is 0 Å². The molecule has 5 aliphatic carbocycles. The molecular formula is C30H41NO4. The zero-order valence-corrected chi connectivity index (χ0v) is 22.2. The van der Waals surface area contributed by atoms with E-state index in [1.54, 1.807) is 0 Å². The van der Waals surface area contributed by atoms with E-state index < -0.39 is 11.4 Å². The molecule has 0 radical (unpaired) electrons. The highest BCUT2D eigenvalue weighted by molar-refractivity contribution is 6.00. The van der Waals surface area contributed by atoms with Gasteiger partial charge in [-0.05, 0) is 84.4 Å². The topological polar surface area (TPSA) is 75.8 Å². The molecule has 5 rings (SSSR count). The maximum absolute atomic E-state index is 14.2. The highest BCUT2D eigenvalue weighted by Gasteiger charge is 2.72. The first kappa shape index (κ1) is 24.7. The van der Waals surface area contributed by atoms with Crippen LogP contribution in [-0.4, -0.2) is 22.6 Å². The fourth-order valence-electron chi connectivity index (χ4n) is 10.3. The third kappa shape index (κ3) is 2.95. The summed E-state index contributed by atoms with van der Waals surface area (Å²) >= 11 is 0. The SMILES string of the molecule is [C-]#[N+]C1=C[C@]2(C)[C@H]3CC(=O)[C@@H]4[C@@H]5CC(C)(C)CC[C@]5(C(=O)O)CC[C@@]4(C)[C@]3(C)CC[C@H]2[C@H](C)C1=O. The summed E-state index contributed by atoms with van der Waals surface area (Å²) < 4.78 is 0. The minimum atomic E-state index is -0.789. The fraction of sp³-hybridized carbons (Fsp3) is 0.800. The van der Waals surface area contributed by atoms with Crippen LogP contribution in [0.15, 0.2) is 11.8 Å². The van der Waals surface area contributed by atoms with E-state index in [2.05, 4.69) is 39.5 Å². The van der Waals surface area contributed by atoms with Gasteiger partial charge in [0.15, 0.2) is 5.78 Å². The van der Waals surface area contributed by atoms with Gasteiger partial charge < -0.3 is 9.90 Å². The summed E-state index contributed by atoms with van der Waals surface area (Å²) in [7, 11) is 0. The van der Waals surface area contributed by atoms with Crippen molar-refractivity contribution in [3.8, 4) is 0 Å². The first-order chi connectivity index (χ1) is 16.2. The third-order valence-corrected chi connectivity index (χ3v) is 12.5. The summed E-state index contributed by atoms with van der Waals surface area (Å²) in [4.78, 5) is 43.5. The van der Waals surface area contributed by atoms with E-state index in [1.807, 2.05) is 13.0 Å². The van der Waals surface area contributed by atoms with Crippen LogP contribution in [0.1, 0.15) is 92.9 Å². The predicted octanol–water partition coefficient (Wildman–Crippen LogP) is 6.33. The summed E-state index contributed by atoms with van der Waals surface area (Å²) in [6.45, 7) is 20.9. The van der Waals surface area contributed by atoms with Crippen molar-refractivity contribution < 1.29 is 19.5 Å². The number of carboxylic acids is 1. The molecule has 0 aliphatic heterocycles. The molecule has 9 atom stereocenters. The lowest BCUT2D eigenvalue weighted by Crippen LogP contribution is -2.68. The number of hydrogen-bond acceptors (Lipinski definition) is 3. The Hall–Kier alpha value is -1.96. The molecular weight excluding hydrogens is 438 g/mol. The Kier molecular flexibility index (Phi) is 5.15. The second kappa shape index (κ2) is 7.30. The van der Waals surface area contributed by atoms with Gasteiger partial charge in [-0.1, -0.05) is 47.6 Å². The summed E-state index contributed by atoms with van der Waals surface area (Å²) in [6.07, 6.45) is 7.97. The maximum atomic E-state index is 14.2. The maximum Gasteiger partial charge on any atom is 0.309 e. The largest absolute Gasteiger partial charge is 0.481 e. The lowest BCUT2D eigenvalue weighted by molar-refractivity contribution is -0.222. The van der Waals surface area contributed by atoms with Crippen molar-refractivity contribution in [2.24, 2.45) is 56.7 Å². The van der Waals surface area contributed by atoms with E-state index >= 15 is 0 Å². The average molecular weight is 480 g/mol. The zero-order chi connectivity index (χ0) is 25.8. The lowest BCUT2D eigenvalue weighted by atomic mass is 9.32. The van der Waals surface area contributed by atoms with Gasteiger partial charge in [0.05, 0.1) is 12.0 Å². The van der Waals surface area contributed by atoms with Crippen molar-refractivity contribution in [1.82, 2.24) is 0 Å². The number of Topliss-reactive ketones (excluding diaryl/α,β-unsaturated/α-hetero) is 2. The molecule has 1 N–H and O–H groups in total. The first-order valence-electron chi connectivity index (χ1n) is 13.6. The van der Waals surface area contributed by atoms with Crippen molar-refractivity contribution in [2.45, 2.75) is 92.9 Å². The number of aliphatic carboxylic acids is 1. The van der Waals surface area contributed by atoms with Crippen LogP contribution < -0.4 is 0 Å². The van der Waals surface area contributed by atoms with Gasteiger partial charge in [0.25, 0.3) is 0 Å². The number of fused-ring (bicyclic) bond motifs is 7. The lowest BCUT2D eigenvalue weighted by Gasteiger charge is -2.71. The highest BCUT2D eigenvalue weighted by Crippen LogP contribution is 2.75. The minimum absolute atomic E-state index is 0.0377. The van der Waals surface area contributed by atoms with E-state index in [0.29, 0.717) is 19.3 Å². The quantitative estimate of drug-likeness (QED) is 0.446. The van der Waals surface area contributed by atoms with E-state index in [1.165, 1.54) is 0 Å². The predicted molar refractivity (Wildman–Crippen MR) is 133 cm³/mol. The Balaban J connectivity index is 1.64. The monoisotopic (exact) mass is 479 g/mol. The molecule has 0 spiro atoms. The molecule has 190 valence electrons. The summed E-state index contributed by atoms with van der Waals surface area (Å²) in [6, 6.07) is 0. The van der Waals surface area contributed by atoms with Crippen LogP contribution in [0.2, 0.25) is 0 Å². The van der Waals surface area contributed by atoms with Crippen LogP contribution >= 0.6 is 0 Å². The Morgan fingerprint density at radius 3 is 2.29 bits per heavy atom. The van der Waals surface area contributed by atoms with Crippen molar-refractivity contribution in [3.05, 3.63) is 23.2 Å². The number of allylic oxidation sites excluding steroid dienone is 2. The van der Waals surface area contributed by atoms with Crippen molar-refractivity contribution in [2.75, 3.05) is 0 Å². The van der Waals surface area contributed by atoms with Crippen molar-refractivity contribution in [1.29, 1.82) is 0 Å². The second-order valence-electron chi connectivity index (χ2n) is 14.3. The number of rotatable bonds is 1. The number of carbonyl (C=O) groups excluding carboxylic acids is 2. The third-order valence-electron chi connectivity index (χ3n) is 12.5. The Morgan fingerprint density at radius 1 is 1.00 bits per heavy atom. The van der Waals surface area contributed by atoms with E-state index in [4.69, 9.17) is 6.57 Å². The van der Waals surface area contributed by atoms with E-state index in [-0.39, 0.29) is 68.5 Å². The van der Waals surface area contributed by atoms with Crippen LogP contribution in [0.3, 0.4) is 0 Å². The average Bonchev–Trinajstić information content (AvgIpc) is 2.77. The molecule has 0 aromatic heterocycles. The fourth-order valence-corrected chi connectivity index (χ4v) is 10.3. The Morgan fingerprint density at radius 2 is 1.66 bits per heavy atom. The van der Waals surface area contributed by atoms with Gasteiger partial charge in [-0.3, -0.25) is 9.59 Å². The van der Waals surface area contributed by atoms with Crippen LogP contribution in [-0.2, 0) is 14.4 Å². The van der Waals surface area contributed by atoms with Gasteiger partial charge in [-0.2, -0.15) is 0 Å². The Bertz CT molecular complexity index is 1080. The van der Waals surface area contributed by atoms with E-state index in [9.17, 15) is 19.5 Å². The number of carbonyl (C=O) groups is 3. The van der Waals surface area contributed by atoms with Gasteiger partial charge >= 0.3 is 5.97 Å². The molecule has 0 bridgehead atoms. The van der Waals surface area contributed by atoms with Gasteiger partial charge in [0, 0.05) is 18.3 Å². The first-order valence-corrected chi connectivity index (χ1v) is 13.6. The van der Waals surface area contributed by atoms with Gasteiger partial charge in [0.1, 0.15) is 5.78 Å². The standard InChI is InChI=1S/C30H41NO4/c1-17-18-8-9-28(5)22(27(18,4)16-20(31-7)24(17)33)14-21(32)23-19-15-26(2,3)10-12-30(19,25(34)35)13-11-29(23,28)6/h16-19,22-23H,8-15H2,1-6H3,(H,34,35)/t17-,18-,19-,22+,23-,27-,28+,29+,30-/m0/s1. The molecule has 5 heteroatoms. The minimum Gasteiger partial charge on any atom is -0.481 e. The molecule has 5 nitrogen and oxygen atoms in total. The smallest absolute Gasteiger partial charge is 0.309 e. The number of carboxylic acid groups (broad SMARTS) is 1.